The van der Waals surface area contributed by atoms with E-state index in [0.29, 0.717) is 34.4 Å². The third-order valence-electron chi connectivity index (χ3n) is 6.91. The number of hydrogen-bond acceptors (Lipinski definition) is 4. The quantitative estimate of drug-likeness (QED) is 0.0642. The van der Waals surface area contributed by atoms with Gasteiger partial charge in [0.15, 0.2) is 6.04 Å². The van der Waals surface area contributed by atoms with E-state index in [-0.39, 0.29) is 17.5 Å². The number of esters is 1. The van der Waals surface area contributed by atoms with E-state index in [1.165, 1.54) is 23.8 Å². The van der Waals surface area contributed by atoms with Gasteiger partial charge in [0.1, 0.15) is 17.3 Å². The van der Waals surface area contributed by atoms with E-state index in [0.717, 1.165) is 44.9 Å². The van der Waals surface area contributed by atoms with Gasteiger partial charge in [-0.1, -0.05) is 69.9 Å². The van der Waals surface area contributed by atoms with Gasteiger partial charge in [0.05, 0.1) is 33.3 Å². The largest absolute Gasteiger partial charge is 0.494 e. The van der Waals surface area contributed by atoms with Crippen molar-refractivity contribution in [2.75, 3.05) is 34.3 Å². The van der Waals surface area contributed by atoms with E-state index in [2.05, 4.69) is 47.8 Å². The first-order chi connectivity index (χ1) is 20.6. The van der Waals surface area contributed by atoms with Gasteiger partial charge in [-0.15, -0.1) is 9.24 Å². The van der Waals surface area contributed by atoms with Crippen molar-refractivity contribution < 1.29 is 27.9 Å². The second kappa shape index (κ2) is 19.1. The number of quaternary nitrogens is 1. The van der Waals surface area contributed by atoms with Crippen molar-refractivity contribution in [3.63, 3.8) is 0 Å². The van der Waals surface area contributed by atoms with Gasteiger partial charge in [0.25, 0.3) is 5.91 Å². The van der Waals surface area contributed by atoms with Gasteiger partial charge in [-0.25, -0.2) is 9.18 Å². The van der Waals surface area contributed by atoms with Crippen molar-refractivity contribution in [2.45, 2.75) is 64.8 Å². The molecule has 1 N–H and O–H groups in total. The maximum Gasteiger partial charge on any atom is 0.343 e. The van der Waals surface area contributed by atoms with E-state index >= 15 is 0 Å². The highest BCUT2D eigenvalue weighted by Gasteiger charge is 2.31. The molecule has 0 aliphatic heterocycles. The highest BCUT2D eigenvalue weighted by Crippen LogP contribution is 2.20. The molecule has 0 spiro atoms. The molecule has 0 saturated heterocycles. The summed E-state index contributed by atoms with van der Waals surface area (Å²) in [5.74, 6) is 0.303. The fourth-order valence-electron chi connectivity index (χ4n) is 4.45. The molecule has 0 fully saturated rings. The summed E-state index contributed by atoms with van der Waals surface area (Å²) in [4.78, 5) is 25.2. The molecule has 234 valence electrons. The van der Waals surface area contributed by atoms with Crippen molar-refractivity contribution in [1.82, 2.24) is 5.32 Å². The summed E-state index contributed by atoms with van der Waals surface area (Å²) in [6, 6.07) is 21.1. The van der Waals surface area contributed by atoms with E-state index < -0.39 is 11.8 Å². The number of hydrogen-bond donors (Lipinski definition) is 1. The zero-order valence-corrected chi connectivity index (χ0v) is 27.6. The summed E-state index contributed by atoms with van der Waals surface area (Å²) < 4.78 is 25.2. The van der Waals surface area contributed by atoms with Crippen LogP contribution in [-0.2, 0) is 11.2 Å². The number of rotatable bonds is 16. The molecule has 2 atom stereocenters. The molecule has 8 heteroatoms. The van der Waals surface area contributed by atoms with Gasteiger partial charge < -0.3 is 19.3 Å². The van der Waals surface area contributed by atoms with Crippen molar-refractivity contribution >= 4 is 26.4 Å². The Labute approximate surface area is 259 Å². The van der Waals surface area contributed by atoms with Crippen LogP contribution >= 0.6 is 9.24 Å². The maximum atomic E-state index is 13.4. The molecule has 0 radical (unpaired) electrons. The molecular formula is C35H49FN2O4P+. The summed E-state index contributed by atoms with van der Waals surface area (Å²) in [5.41, 5.74) is 1.47. The summed E-state index contributed by atoms with van der Waals surface area (Å²) >= 11 is 0. The third kappa shape index (κ3) is 13.3. The standard InChI is InChI=1S/C33H42FN2O4P.C2H6/c1-36(2,3)30(23-25-13-9-8-10-14-25)32(37)35-21-11-6-4-5-7-12-22-39-27-16-18-28(19-17-27)40-33(38)26-15-20-29(34)31(41)24-26;1-2/h8-10,13-20,24,30H,4-7,11-12,21-23,41H2,1-3H3;1-2H3/p+1. The zero-order chi connectivity index (χ0) is 31.7. The average Bonchev–Trinajstić information content (AvgIpc) is 3.00. The zero-order valence-electron chi connectivity index (χ0n) is 26.4. The fraction of sp³-hybridized carbons (Fsp3) is 0.429. The lowest BCUT2D eigenvalue weighted by Gasteiger charge is -2.33. The van der Waals surface area contributed by atoms with Crippen LogP contribution < -0.4 is 20.1 Å². The van der Waals surface area contributed by atoms with Gasteiger partial charge in [0.2, 0.25) is 0 Å². The number of benzene rings is 3. The Balaban J connectivity index is 0.00000316. The van der Waals surface area contributed by atoms with Crippen molar-refractivity contribution in [2.24, 2.45) is 0 Å². The monoisotopic (exact) mass is 611 g/mol. The minimum absolute atomic E-state index is 0.117. The van der Waals surface area contributed by atoms with Gasteiger partial charge in [0, 0.05) is 18.3 Å². The van der Waals surface area contributed by atoms with Crippen LogP contribution in [0.25, 0.3) is 0 Å². The predicted octanol–water partition coefficient (Wildman–Crippen LogP) is 6.72. The number of unbranched alkanes of at least 4 members (excludes halogenated alkanes) is 5. The van der Waals surface area contributed by atoms with Crippen LogP contribution in [0.5, 0.6) is 11.5 Å². The number of ether oxygens (including phenoxy) is 2. The Bertz CT molecular complexity index is 1250. The molecule has 1 amide bonds. The first kappa shape index (κ1) is 35.9. The number of nitrogens with zero attached hydrogens (tertiary/aromatic N) is 1. The second-order valence-corrected chi connectivity index (χ2v) is 11.8. The summed E-state index contributed by atoms with van der Waals surface area (Å²) in [6.07, 6.45) is 7.10. The predicted molar refractivity (Wildman–Crippen MR) is 177 cm³/mol. The van der Waals surface area contributed by atoms with Crippen molar-refractivity contribution in [1.29, 1.82) is 0 Å². The van der Waals surface area contributed by atoms with Gasteiger partial charge >= 0.3 is 5.97 Å². The molecule has 0 aliphatic carbocycles. The molecule has 0 saturated carbocycles. The van der Waals surface area contributed by atoms with E-state index in [4.69, 9.17) is 9.47 Å². The number of amides is 1. The Morgan fingerprint density at radius 2 is 1.44 bits per heavy atom. The minimum Gasteiger partial charge on any atom is -0.494 e. The molecule has 43 heavy (non-hydrogen) atoms. The summed E-state index contributed by atoms with van der Waals surface area (Å²) in [6.45, 7) is 5.33. The summed E-state index contributed by atoms with van der Waals surface area (Å²) in [5, 5.41) is 3.46. The first-order valence-corrected chi connectivity index (χ1v) is 15.8. The normalized spacial score (nSPS) is 11.6. The van der Waals surface area contributed by atoms with Crippen LogP contribution in [0, 0.1) is 5.82 Å². The SMILES string of the molecule is CC.C[N+](C)(C)C(Cc1ccccc1)C(=O)NCCCCCCCCOc1ccc(OC(=O)c2ccc(F)c(P)c2)cc1. The van der Waals surface area contributed by atoms with Crippen molar-refractivity contribution in [3.05, 3.63) is 89.7 Å². The van der Waals surface area contributed by atoms with Crippen LogP contribution in [-0.4, -0.2) is 56.7 Å². The number of carbonyl (C=O) groups is 2. The van der Waals surface area contributed by atoms with Crippen LogP contribution in [0.15, 0.2) is 72.8 Å². The molecule has 3 aromatic rings. The maximum absolute atomic E-state index is 13.4. The molecule has 3 aromatic carbocycles. The topological polar surface area (TPSA) is 64.6 Å². The lowest BCUT2D eigenvalue weighted by molar-refractivity contribution is -0.886. The smallest absolute Gasteiger partial charge is 0.343 e. The number of carbonyl (C=O) groups excluding carboxylic acids is 2. The molecule has 0 bridgehead atoms. The van der Waals surface area contributed by atoms with Crippen LogP contribution in [0.4, 0.5) is 4.39 Å². The minimum atomic E-state index is -0.541. The van der Waals surface area contributed by atoms with Crippen LogP contribution in [0.1, 0.15) is 68.3 Å². The lowest BCUT2D eigenvalue weighted by Crippen LogP contribution is -2.55. The number of likely N-dealkylation sites (N-methyl/N-ethyl adjacent to an activating group) is 1. The molecule has 0 aliphatic rings. The second-order valence-electron chi connectivity index (χ2n) is 11.2. The Hall–Kier alpha value is -3.28. The van der Waals surface area contributed by atoms with Gasteiger partial charge in [-0.05, 0) is 60.9 Å². The molecule has 0 aromatic heterocycles. The van der Waals surface area contributed by atoms with Crippen LogP contribution in [0.2, 0.25) is 0 Å². The number of halogens is 1. The highest BCUT2D eigenvalue weighted by molar-refractivity contribution is 7.27. The Kier molecular flexibility index (Phi) is 15.9. The third-order valence-corrected chi connectivity index (χ3v) is 7.36. The fourth-order valence-corrected chi connectivity index (χ4v) is 4.73. The van der Waals surface area contributed by atoms with E-state index in [9.17, 15) is 14.0 Å². The van der Waals surface area contributed by atoms with Crippen molar-refractivity contribution in [3.8, 4) is 11.5 Å². The Morgan fingerprint density at radius 3 is 2.07 bits per heavy atom. The number of nitrogens with one attached hydrogen (secondary N) is 1. The Morgan fingerprint density at radius 1 is 0.837 bits per heavy atom. The lowest BCUT2D eigenvalue weighted by atomic mass is 10.0. The van der Waals surface area contributed by atoms with Gasteiger partial charge in [-0.3, -0.25) is 4.79 Å². The average molecular weight is 612 g/mol. The molecule has 6 nitrogen and oxygen atoms in total. The molecule has 3 rings (SSSR count). The molecule has 0 heterocycles. The highest BCUT2D eigenvalue weighted by atomic mass is 31.0. The van der Waals surface area contributed by atoms with E-state index in [1.807, 2.05) is 32.0 Å². The van der Waals surface area contributed by atoms with Gasteiger partial charge in [-0.2, -0.15) is 0 Å². The first-order valence-electron chi connectivity index (χ1n) is 15.3. The van der Waals surface area contributed by atoms with Crippen LogP contribution in [0.3, 0.4) is 0 Å². The molecule has 2 unspecified atom stereocenters. The molecular weight excluding hydrogens is 562 g/mol. The van der Waals surface area contributed by atoms with E-state index in [1.54, 1.807) is 24.3 Å². The summed E-state index contributed by atoms with van der Waals surface area (Å²) in [7, 11) is 8.47.